The first-order valence-electron chi connectivity index (χ1n) is 12.9. The van der Waals surface area contributed by atoms with Crippen molar-refractivity contribution in [3.63, 3.8) is 0 Å². The zero-order chi connectivity index (χ0) is 25.5. The van der Waals surface area contributed by atoms with Crippen molar-refractivity contribution in [2.24, 2.45) is 4.99 Å². The van der Waals surface area contributed by atoms with E-state index in [-0.39, 0.29) is 17.2 Å². The van der Waals surface area contributed by atoms with E-state index in [0.29, 0.717) is 22.5 Å². The SMILES string of the molecule is CC(=O)c1cccc(N=c2oc3c4c5c(cc3cc2C(=O)Nc2ccc(C)cc2)CCCN5CCC4)c1. The Morgan fingerprint density at radius 1 is 0.973 bits per heavy atom. The van der Waals surface area contributed by atoms with Crippen molar-refractivity contribution in [2.75, 3.05) is 23.3 Å². The van der Waals surface area contributed by atoms with E-state index in [1.165, 1.54) is 23.7 Å². The zero-order valence-corrected chi connectivity index (χ0v) is 21.1. The van der Waals surface area contributed by atoms with Crippen LogP contribution >= 0.6 is 0 Å². The summed E-state index contributed by atoms with van der Waals surface area (Å²) in [6, 6.07) is 18.9. The minimum absolute atomic E-state index is 0.0408. The average Bonchev–Trinajstić information content (AvgIpc) is 2.90. The van der Waals surface area contributed by atoms with Gasteiger partial charge in [-0.05, 0) is 81.5 Å². The second kappa shape index (κ2) is 9.36. The van der Waals surface area contributed by atoms with Gasteiger partial charge < -0.3 is 14.6 Å². The van der Waals surface area contributed by atoms with Gasteiger partial charge in [0, 0.05) is 41.0 Å². The van der Waals surface area contributed by atoms with E-state index in [0.717, 1.165) is 55.3 Å². The number of nitrogens with one attached hydrogen (secondary N) is 1. The number of aryl methyl sites for hydroxylation is 3. The molecular weight excluding hydrogens is 462 g/mol. The number of nitrogens with zero attached hydrogens (tertiary/aromatic N) is 2. The van der Waals surface area contributed by atoms with Crippen LogP contribution < -0.4 is 15.8 Å². The molecule has 6 nitrogen and oxygen atoms in total. The third kappa shape index (κ3) is 4.44. The van der Waals surface area contributed by atoms with Crippen LogP contribution in [-0.2, 0) is 12.8 Å². The van der Waals surface area contributed by atoms with E-state index >= 15 is 0 Å². The molecule has 1 N–H and O–H groups in total. The third-order valence-corrected chi connectivity index (χ3v) is 7.27. The summed E-state index contributed by atoms with van der Waals surface area (Å²) in [4.78, 5) is 32.7. The number of carbonyl (C=O) groups excluding carboxylic acids is 2. The van der Waals surface area contributed by atoms with Gasteiger partial charge in [-0.25, -0.2) is 4.99 Å². The second-order valence-corrected chi connectivity index (χ2v) is 9.98. The first kappa shape index (κ1) is 23.2. The molecule has 186 valence electrons. The Labute approximate surface area is 215 Å². The van der Waals surface area contributed by atoms with Crippen molar-refractivity contribution in [2.45, 2.75) is 39.5 Å². The minimum Gasteiger partial charge on any atom is -0.437 e. The Hall–Kier alpha value is -4.19. The lowest BCUT2D eigenvalue weighted by molar-refractivity contribution is 0.101. The van der Waals surface area contributed by atoms with Gasteiger partial charge in [0.2, 0.25) is 5.55 Å². The molecule has 0 saturated heterocycles. The van der Waals surface area contributed by atoms with Gasteiger partial charge in [0.05, 0.1) is 5.69 Å². The predicted octanol–water partition coefficient (Wildman–Crippen LogP) is 6.13. The first-order valence-corrected chi connectivity index (χ1v) is 12.9. The molecule has 6 rings (SSSR count). The molecule has 0 radical (unpaired) electrons. The molecule has 0 spiro atoms. The van der Waals surface area contributed by atoms with Gasteiger partial charge in [-0.15, -0.1) is 0 Å². The summed E-state index contributed by atoms with van der Waals surface area (Å²) < 4.78 is 6.51. The number of hydrogen-bond donors (Lipinski definition) is 1. The number of Topliss-reactive ketones (excluding diaryl/α,β-unsaturated/α-hetero) is 1. The number of rotatable bonds is 4. The average molecular weight is 492 g/mol. The van der Waals surface area contributed by atoms with E-state index in [2.05, 4.69) is 16.3 Å². The summed E-state index contributed by atoms with van der Waals surface area (Å²) in [5, 5.41) is 3.91. The summed E-state index contributed by atoms with van der Waals surface area (Å²) in [6.45, 7) is 5.67. The quantitative estimate of drug-likeness (QED) is 0.349. The Morgan fingerprint density at radius 2 is 1.76 bits per heavy atom. The number of ketones is 1. The Morgan fingerprint density at radius 3 is 2.54 bits per heavy atom. The van der Waals surface area contributed by atoms with Gasteiger partial charge in [-0.3, -0.25) is 9.59 Å². The van der Waals surface area contributed by atoms with Gasteiger partial charge >= 0.3 is 0 Å². The lowest BCUT2D eigenvalue weighted by Crippen LogP contribution is -2.34. The molecule has 0 bridgehead atoms. The lowest BCUT2D eigenvalue weighted by Gasteiger charge is -2.37. The first-order chi connectivity index (χ1) is 18.0. The lowest BCUT2D eigenvalue weighted by atomic mass is 9.90. The van der Waals surface area contributed by atoms with Crippen LogP contribution in [0.1, 0.15) is 57.2 Å². The van der Waals surface area contributed by atoms with Gasteiger partial charge in [-0.2, -0.15) is 0 Å². The van der Waals surface area contributed by atoms with Gasteiger partial charge in [-0.1, -0.05) is 29.8 Å². The molecule has 2 aliphatic rings. The smallest absolute Gasteiger partial charge is 0.261 e. The Bertz CT molecular complexity index is 1610. The number of amides is 1. The number of benzene rings is 3. The normalized spacial score (nSPS) is 15.0. The summed E-state index contributed by atoms with van der Waals surface area (Å²) in [5.41, 5.74) is 8.17. The van der Waals surface area contributed by atoms with Crippen molar-refractivity contribution in [1.82, 2.24) is 0 Å². The summed E-state index contributed by atoms with van der Waals surface area (Å²) >= 11 is 0. The number of anilines is 2. The van der Waals surface area contributed by atoms with Crippen LogP contribution in [0.3, 0.4) is 0 Å². The summed E-state index contributed by atoms with van der Waals surface area (Å²) in [6.07, 6.45) is 4.18. The largest absolute Gasteiger partial charge is 0.437 e. The van der Waals surface area contributed by atoms with Gasteiger partial charge in [0.1, 0.15) is 11.1 Å². The van der Waals surface area contributed by atoms with Crippen LogP contribution in [0.4, 0.5) is 17.1 Å². The molecule has 4 aromatic rings. The molecule has 1 amide bonds. The van der Waals surface area contributed by atoms with Gasteiger partial charge in [0.25, 0.3) is 5.91 Å². The summed E-state index contributed by atoms with van der Waals surface area (Å²) in [7, 11) is 0. The summed E-state index contributed by atoms with van der Waals surface area (Å²) in [5.74, 6) is -0.329. The number of hydrogen-bond acceptors (Lipinski definition) is 5. The minimum atomic E-state index is -0.288. The molecule has 3 heterocycles. The maximum atomic E-state index is 13.5. The van der Waals surface area contributed by atoms with Crippen molar-refractivity contribution >= 4 is 39.7 Å². The van der Waals surface area contributed by atoms with Crippen molar-refractivity contribution in [1.29, 1.82) is 0 Å². The fourth-order valence-electron chi connectivity index (χ4n) is 5.45. The fourth-order valence-corrected chi connectivity index (χ4v) is 5.45. The highest BCUT2D eigenvalue weighted by Crippen LogP contribution is 2.39. The third-order valence-electron chi connectivity index (χ3n) is 7.27. The molecular formula is C31H29N3O3. The van der Waals surface area contributed by atoms with E-state index in [1.54, 1.807) is 18.2 Å². The van der Waals surface area contributed by atoms with Crippen LogP contribution in [0.15, 0.2) is 70.1 Å². The number of fused-ring (bicyclic) bond motifs is 2. The van der Waals surface area contributed by atoms with E-state index < -0.39 is 0 Å². The molecule has 0 unspecified atom stereocenters. The molecule has 6 heteroatoms. The molecule has 1 aromatic heterocycles. The molecule has 37 heavy (non-hydrogen) atoms. The van der Waals surface area contributed by atoms with Crippen LogP contribution in [0.5, 0.6) is 0 Å². The standard InChI is InChI=1S/C31H29N3O3/c1-19-10-12-24(13-11-19)32-30(36)27-18-23-16-22-7-4-14-34-15-5-9-26(28(22)34)29(23)37-31(27)33-25-8-3-6-21(17-25)20(2)35/h3,6,8,10-13,16-18H,4-5,7,9,14-15H2,1-2H3,(H,32,36). The van der Waals surface area contributed by atoms with Gasteiger partial charge in [0.15, 0.2) is 5.78 Å². The number of carbonyl (C=O) groups is 2. The van der Waals surface area contributed by atoms with E-state index in [4.69, 9.17) is 9.41 Å². The highest BCUT2D eigenvalue weighted by molar-refractivity contribution is 6.06. The van der Waals surface area contributed by atoms with Crippen molar-refractivity contribution < 1.29 is 14.0 Å². The monoisotopic (exact) mass is 491 g/mol. The highest BCUT2D eigenvalue weighted by atomic mass is 16.3. The molecule has 0 aliphatic carbocycles. The maximum absolute atomic E-state index is 13.5. The van der Waals surface area contributed by atoms with Crippen LogP contribution in [0.25, 0.3) is 11.0 Å². The topological polar surface area (TPSA) is 74.9 Å². The predicted molar refractivity (Wildman–Crippen MR) is 146 cm³/mol. The molecule has 0 fully saturated rings. The van der Waals surface area contributed by atoms with Crippen molar-refractivity contribution in [3.8, 4) is 0 Å². The Kier molecular flexibility index (Phi) is 5.87. The van der Waals surface area contributed by atoms with Crippen LogP contribution in [0.2, 0.25) is 0 Å². The second-order valence-electron chi connectivity index (χ2n) is 9.98. The van der Waals surface area contributed by atoms with E-state index in [9.17, 15) is 9.59 Å². The van der Waals surface area contributed by atoms with Crippen LogP contribution in [-0.4, -0.2) is 24.8 Å². The van der Waals surface area contributed by atoms with Crippen molar-refractivity contribution in [3.05, 3.63) is 94.0 Å². The molecule has 2 aliphatic heterocycles. The molecule has 0 atom stereocenters. The maximum Gasteiger partial charge on any atom is 0.261 e. The molecule has 0 saturated carbocycles. The van der Waals surface area contributed by atoms with E-state index in [1.807, 2.05) is 43.3 Å². The Balaban J connectivity index is 1.55. The zero-order valence-electron chi connectivity index (χ0n) is 21.1. The highest BCUT2D eigenvalue weighted by Gasteiger charge is 2.27. The fraction of sp³-hybridized carbons (Fsp3) is 0.258. The molecule has 3 aromatic carbocycles. The van der Waals surface area contributed by atoms with Crippen LogP contribution in [0, 0.1) is 6.92 Å².